The Bertz CT molecular complexity index is 268. The molecule has 0 aromatic carbocycles. The molecule has 2 aliphatic rings. The van der Waals surface area contributed by atoms with Crippen molar-refractivity contribution in [2.24, 2.45) is 17.3 Å². The van der Waals surface area contributed by atoms with E-state index in [1.807, 2.05) is 0 Å². The summed E-state index contributed by atoms with van der Waals surface area (Å²) in [5.74, 6) is 1.71. The Hall–Kier alpha value is -0.370. The Morgan fingerprint density at radius 3 is 2.38 bits per heavy atom. The summed E-state index contributed by atoms with van der Waals surface area (Å²) in [5, 5.41) is 0. The van der Waals surface area contributed by atoms with Crippen molar-refractivity contribution in [3.05, 3.63) is 0 Å². The minimum atomic E-state index is -0.0536. The maximum Gasteiger partial charge on any atom is 0.142 e. The summed E-state index contributed by atoms with van der Waals surface area (Å²) in [6.07, 6.45) is 6.38. The number of Topliss-reactive ketones (excluding diaryl/α,β-unsaturated/α-hetero) is 1. The number of hydrogen-bond acceptors (Lipinski definition) is 2. The van der Waals surface area contributed by atoms with E-state index in [1.165, 1.54) is 25.8 Å². The molecule has 0 bridgehead atoms. The average Bonchev–Trinajstić information content (AvgIpc) is 2.39. The number of carbonyl (C=O) groups excluding carboxylic acids is 1. The third kappa shape index (κ3) is 2.48. The summed E-state index contributed by atoms with van der Waals surface area (Å²) in [5.41, 5.74) is -0.0536. The van der Waals surface area contributed by atoms with E-state index >= 15 is 0 Å². The summed E-state index contributed by atoms with van der Waals surface area (Å²) in [7, 11) is 2.18. The predicted octanol–water partition coefficient (Wildman–Crippen LogP) is 2.72. The van der Waals surface area contributed by atoms with Crippen molar-refractivity contribution in [3.8, 4) is 0 Å². The molecule has 0 aromatic heterocycles. The van der Waals surface area contributed by atoms with Crippen LogP contribution in [-0.2, 0) is 4.79 Å². The lowest BCUT2D eigenvalue weighted by Crippen LogP contribution is -2.35. The smallest absolute Gasteiger partial charge is 0.142 e. The highest BCUT2D eigenvalue weighted by Crippen LogP contribution is 2.38. The van der Waals surface area contributed by atoms with Crippen LogP contribution in [0.4, 0.5) is 0 Å². The van der Waals surface area contributed by atoms with Gasteiger partial charge >= 0.3 is 0 Å². The van der Waals surface area contributed by atoms with Gasteiger partial charge in [0, 0.05) is 24.4 Å². The molecule has 1 unspecified atom stereocenters. The van der Waals surface area contributed by atoms with Gasteiger partial charge in [0.05, 0.1) is 0 Å². The average molecular weight is 223 g/mol. The molecule has 2 saturated carbocycles. The molecule has 0 aliphatic heterocycles. The zero-order valence-electron chi connectivity index (χ0n) is 11.0. The van der Waals surface area contributed by atoms with Crippen molar-refractivity contribution in [3.63, 3.8) is 0 Å². The lowest BCUT2D eigenvalue weighted by Gasteiger charge is -2.31. The van der Waals surface area contributed by atoms with Gasteiger partial charge in [-0.2, -0.15) is 0 Å². The first-order chi connectivity index (χ1) is 7.49. The molecular weight excluding hydrogens is 198 g/mol. The molecule has 2 heteroatoms. The maximum atomic E-state index is 12.1. The van der Waals surface area contributed by atoms with Crippen LogP contribution in [0.5, 0.6) is 0 Å². The first kappa shape index (κ1) is 12.1. The number of hydrogen-bond donors (Lipinski definition) is 0. The Kier molecular flexibility index (Phi) is 3.39. The molecule has 2 aliphatic carbocycles. The van der Waals surface area contributed by atoms with Gasteiger partial charge in [-0.15, -0.1) is 0 Å². The van der Waals surface area contributed by atoms with Crippen LogP contribution in [0.1, 0.15) is 46.0 Å². The molecule has 0 radical (unpaired) electrons. The van der Waals surface area contributed by atoms with E-state index in [0.717, 1.165) is 25.3 Å². The Labute approximate surface area is 99.4 Å². The SMILES string of the molecule is CN(CC1CCC1)CC1CCC(C)(C)C1=O. The maximum absolute atomic E-state index is 12.1. The van der Waals surface area contributed by atoms with Crippen LogP contribution in [0.3, 0.4) is 0 Å². The van der Waals surface area contributed by atoms with Crippen LogP contribution < -0.4 is 0 Å². The van der Waals surface area contributed by atoms with Crippen molar-refractivity contribution >= 4 is 5.78 Å². The number of nitrogens with zero attached hydrogens (tertiary/aromatic N) is 1. The fourth-order valence-electron chi connectivity index (χ4n) is 3.08. The van der Waals surface area contributed by atoms with Gasteiger partial charge < -0.3 is 4.90 Å². The van der Waals surface area contributed by atoms with Crippen molar-refractivity contribution in [1.82, 2.24) is 4.90 Å². The standard InChI is InChI=1S/C14H25NO/c1-14(2)8-7-12(13(14)16)10-15(3)9-11-5-4-6-11/h11-12H,4-10H2,1-3H3. The molecular formula is C14H25NO. The minimum Gasteiger partial charge on any atom is -0.305 e. The third-order valence-corrected chi connectivity index (χ3v) is 4.48. The molecule has 2 fully saturated rings. The largest absolute Gasteiger partial charge is 0.305 e. The van der Waals surface area contributed by atoms with Gasteiger partial charge in [-0.25, -0.2) is 0 Å². The highest BCUT2D eigenvalue weighted by Gasteiger charge is 2.40. The molecule has 0 heterocycles. The summed E-state index contributed by atoms with van der Waals surface area (Å²) in [6.45, 7) is 6.38. The van der Waals surface area contributed by atoms with E-state index in [0.29, 0.717) is 11.7 Å². The summed E-state index contributed by atoms with van der Waals surface area (Å²) in [6, 6.07) is 0. The molecule has 92 valence electrons. The molecule has 2 rings (SSSR count). The molecule has 0 N–H and O–H groups in total. The van der Waals surface area contributed by atoms with E-state index in [-0.39, 0.29) is 5.41 Å². The molecule has 0 amide bonds. The fraction of sp³-hybridized carbons (Fsp3) is 0.929. The Morgan fingerprint density at radius 1 is 1.25 bits per heavy atom. The molecule has 0 spiro atoms. The Morgan fingerprint density at radius 2 is 1.94 bits per heavy atom. The number of rotatable bonds is 4. The van der Waals surface area contributed by atoms with Gasteiger partial charge in [-0.05, 0) is 38.6 Å². The molecule has 0 aromatic rings. The van der Waals surface area contributed by atoms with Crippen LogP contribution in [0, 0.1) is 17.3 Å². The van der Waals surface area contributed by atoms with Crippen molar-refractivity contribution in [2.75, 3.05) is 20.1 Å². The zero-order valence-corrected chi connectivity index (χ0v) is 11.0. The van der Waals surface area contributed by atoms with Crippen molar-refractivity contribution < 1.29 is 4.79 Å². The van der Waals surface area contributed by atoms with E-state index in [9.17, 15) is 4.79 Å². The number of ketones is 1. The lowest BCUT2D eigenvalue weighted by atomic mass is 9.85. The van der Waals surface area contributed by atoms with Crippen molar-refractivity contribution in [2.45, 2.75) is 46.0 Å². The summed E-state index contributed by atoms with van der Waals surface area (Å²) in [4.78, 5) is 14.5. The van der Waals surface area contributed by atoms with Gasteiger partial charge in [0.2, 0.25) is 0 Å². The first-order valence-electron chi connectivity index (χ1n) is 6.72. The first-order valence-corrected chi connectivity index (χ1v) is 6.72. The fourth-order valence-corrected chi connectivity index (χ4v) is 3.08. The van der Waals surface area contributed by atoms with E-state index < -0.39 is 0 Å². The van der Waals surface area contributed by atoms with Crippen LogP contribution in [0.2, 0.25) is 0 Å². The molecule has 2 nitrogen and oxygen atoms in total. The lowest BCUT2D eigenvalue weighted by molar-refractivity contribution is -0.127. The van der Waals surface area contributed by atoms with Crippen molar-refractivity contribution in [1.29, 1.82) is 0 Å². The van der Waals surface area contributed by atoms with E-state index in [4.69, 9.17) is 0 Å². The van der Waals surface area contributed by atoms with Gasteiger partial charge in [0.1, 0.15) is 5.78 Å². The monoisotopic (exact) mass is 223 g/mol. The second-order valence-electron chi connectivity index (χ2n) is 6.50. The predicted molar refractivity (Wildman–Crippen MR) is 66.4 cm³/mol. The topological polar surface area (TPSA) is 20.3 Å². The molecule has 1 atom stereocenters. The highest BCUT2D eigenvalue weighted by atomic mass is 16.1. The van der Waals surface area contributed by atoms with Crippen LogP contribution in [0.25, 0.3) is 0 Å². The summed E-state index contributed by atoms with van der Waals surface area (Å²) >= 11 is 0. The highest BCUT2D eigenvalue weighted by molar-refractivity contribution is 5.88. The van der Waals surface area contributed by atoms with Crippen LogP contribution in [-0.4, -0.2) is 30.8 Å². The number of carbonyl (C=O) groups is 1. The quantitative estimate of drug-likeness (QED) is 0.730. The van der Waals surface area contributed by atoms with Gasteiger partial charge in [0.25, 0.3) is 0 Å². The zero-order chi connectivity index (χ0) is 11.8. The minimum absolute atomic E-state index is 0.0536. The van der Waals surface area contributed by atoms with Gasteiger partial charge in [-0.3, -0.25) is 4.79 Å². The van der Waals surface area contributed by atoms with Crippen LogP contribution >= 0.6 is 0 Å². The molecule has 0 saturated heterocycles. The second-order valence-corrected chi connectivity index (χ2v) is 6.50. The normalized spacial score (nSPS) is 29.8. The van der Waals surface area contributed by atoms with Crippen LogP contribution in [0.15, 0.2) is 0 Å². The van der Waals surface area contributed by atoms with Gasteiger partial charge in [0.15, 0.2) is 0 Å². The Balaban J connectivity index is 1.78. The summed E-state index contributed by atoms with van der Waals surface area (Å²) < 4.78 is 0. The molecule has 16 heavy (non-hydrogen) atoms. The van der Waals surface area contributed by atoms with E-state index in [2.05, 4.69) is 25.8 Å². The van der Waals surface area contributed by atoms with Gasteiger partial charge in [-0.1, -0.05) is 20.3 Å². The van der Waals surface area contributed by atoms with E-state index in [1.54, 1.807) is 0 Å². The third-order valence-electron chi connectivity index (χ3n) is 4.48. The second kappa shape index (κ2) is 4.48.